The fourth-order valence-electron chi connectivity index (χ4n) is 6.52. The minimum atomic E-state index is -0.857. The summed E-state index contributed by atoms with van der Waals surface area (Å²) >= 11 is 0. The Morgan fingerprint density at radius 1 is 1.12 bits per heavy atom. The van der Waals surface area contributed by atoms with E-state index in [1.165, 1.54) is 16.8 Å². The van der Waals surface area contributed by atoms with Crippen LogP contribution in [0, 0.1) is 11.3 Å². The van der Waals surface area contributed by atoms with Gasteiger partial charge in [-0.3, -0.25) is 9.69 Å². The van der Waals surface area contributed by atoms with Crippen molar-refractivity contribution >= 4 is 28.2 Å². The van der Waals surface area contributed by atoms with Crippen LogP contribution in [0.1, 0.15) is 24.1 Å². The summed E-state index contributed by atoms with van der Waals surface area (Å²) in [4.78, 5) is 30.5. The molecule has 1 amide bonds. The molecular formula is C32H36FN7O2. The van der Waals surface area contributed by atoms with E-state index in [0.717, 1.165) is 35.7 Å². The van der Waals surface area contributed by atoms with E-state index >= 15 is 0 Å². The van der Waals surface area contributed by atoms with Crippen LogP contribution in [0.3, 0.4) is 0 Å². The standard InChI is InChI=1S/C32H36FN7O2/c1-3-30(41)40-16-15-39(19-24(40)11-13-34)31-27-12-14-38(29-10-6-8-22-7-4-5-9-26(22)29)20-28(27)35-32(36-31)42-21-25-17-23(33)18-37(25)2/h3-10,23-25H,1,11-12,14-21H2,2H3/t23-,24?,25+/m1/s1. The number of likely N-dealkylation sites (tertiary alicyclic amines) is 1. The molecule has 6 rings (SSSR count). The molecule has 3 aliphatic rings. The van der Waals surface area contributed by atoms with E-state index in [1.807, 2.05) is 11.9 Å². The van der Waals surface area contributed by atoms with Gasteiger partial charge in [-0.2, -0.15) is 15.2 Å². The topological polar surface area (TPSA) is 88.8 Å². The quantitative estimate of drug-likeness (QED) is 0.398. The van der Waals surface area contributed by atoms with Gasteiger partial charge >= 0.3 is 6.01 Å². The van der Waals surface area contributed by atoms with Crippen LogP contribution in [0.15, 0.2) is 55.1 Å². The van der Waals surface area contributed by atoms with Crippen molar-refractivity contribution < 1.29 is 13.9 Å². The van der Waals surface area contributed by atoms with Gasteiger partial charge in [-0.15, -0.1) is 0 Å². The summed E-state index contributed by atoms with van der Waals surface area (Å²) in [6, 6.07) is 17.0. The number of carbonyl (C=O) groups excluding carboxylic acids is 1. The Balaban J connectivity index is 1.32. The van der Waals surface area contributed by atoms with Crippen molar-refractivity contribution in [3.8, 4) is 12.1 Å². The largest absolute Gasteiger partial charge is 0.462 e. The van der Waals surface area contributed by atoms with E-state index < -0.39 is 6.17 Å². The maximum absolute atomic E-state index is 14.0. The lowest BCUT2D eigenvalue weighted by Gasteiger charge is -2.42. The zero-order valence-electron chi connectivity index (χ0n) is 24.0. The van der Waals surface area contributed by atoms with Gasteiger partial charge in [-0.1, -0.05) is 43.0 Å². The Morgan fingerprint density at radius 3 is 2.74 bits per heavy atom. The number of carbonyl (C=O) groups is 1. The van der Waals surface area contributed by atoms with E-state index in [0.29, 0.717) is 45.8 Å². The summed E-state index contributed by atoms with van der Waals surface area (Å²) in [6.45, 7) is 7.28. The number of nitriles is 1. The zero-order chi connectivity index (χ0) is 29.2. The lowest BCUT2D eigenvalue weighted by Crippen LogP contribution is -2.55. The second kappa shape index (κ2) is 11.9. The molecule has 1 unspecified atom stereocenters. The molecule has 10 heteroatoms. The number of likely N-dealkylation sites (N-methyl/N-ethyl adjacent to an activating group) is 1. The third kappa shape index (κ3) is 5.49. The van der Waals surface area contributed by atoms with Crippen LogP contribution in [0.25, 0.3) is 10.8 Å². The second-order valence-electron chi connectivity index (χ2n) is 11.4. The van der Waals surface area contributed by atoms with Crippen molar-refractivity contribution in [3.63, 3.8) is 0 Å². The number of rotatable bonds is 7. The van der Waals surface area contributed by atoms with E-state index in [-0.39, 0.29) is 30.4 Å². The normalized spacial score (nSPS) is 22.6. The van der Waals surface area contributed by atoms with Gasteiger partial charge < -0.3 is 19.4 Å². The van der Waals surface area contributed by atoms with Gasteiger partial charge in [-0.25, -0.2) is 4.39 Å². The van der Waals surface area contributed by atoms with Crippen LogP contribution in [0.2, 0.25) is 0 Å². The molecule has 0 aliphatic carbocycles. The molecule has 2 aromatic carbocycles. The number of piperazine rings is 1. The molecule has 0 radical (unpaired) electrons. The molecule has 42 heavy (non-hydrogen) atoms. The number of anilines is 2. The summed E-state index contributed by atoms with van der Waals surface area (Å²) in [6.07, 6.45) is 1.85. The lowest BCUT2D eigenvalue weighted by molar-refractivity contribution is -0.128. The number of fused-ring (bicyclic) bond motifs is 2. The number of aromatic nitrogens is 2. The SMILES string of the molecule is C=CC(=O)N1CCN(c2nc(OC[C@@H]3C[C@@H](F)CN3C)nc3c2CCN(c2cccc4ccccc24)C3)CC1CC#N. The summed E-state index contributed by atoms with van der Waals surface area (Å²) in [5.41, 5.74) is 3.13. The van der Waals surface area contributed by atoms with Gasteiger partial charge in [0.1, 0.15) is 18.6 Å². The highest BCUT2D eigenvalue weighted by Gasteiger charge is 2.34. The first kappa shape index (κ1) is 27.9. The molecule has 3 aromatic rings. The monoisotopic (exact) mass is 569 g/mol. The van der Waals surface area contributed by atoms with Crippen molar-refractivity contribution in [2.75, 3.05) is 56.2 Å². The Labute approximate surface area is 245 Å². The predicted octanol–water partition coefficient (Wildman–Crippen LogP) is 3.73. The van der Waals surface area contributed by atoms with E-state index in [1.54, 1.807) is 4.90 Å². The molecule has 1 aromatic heterocycles. The molecule has 218 valence electrons. The first-order valence-corrected chi connectivity index (χ1v) is 14.6. The minimum Gasteiger partial charge on any atom is -0.462 e. The maximum Gasteiger partial charge on any atom is 0.318 e. The zero-order valence-corrected chi connectivity index (χ0v) is 24.0. The number of hydrogen-bond acceptors (Lipinski definition) is 8. The smallest absolute Gasteiger partial charge is 0.318 e. The van der Waals surface area contributed by atoms with Crippen LogP contribution in [-0.4, -0.2) is 90.3 Å². The molecule has 0 N–H and O–H groups in total. The number of ether oxygens (including phenoxy) is 1. The molecular weight excluding hydrogens is 533 g/mol. The summed E-state index contributed by atoms with van der Waals surface area (Å²) in [5.74, 6) is 0.630. The summed E-state index contributed by atoms with van der Waals surface area (Å²) in [5, 5.41) is 11.9. The number of halogens is 1. The van der Waals surface area contributed by atoms with Crippen LogP contribution >= 0.6 is 0 Å². The van der Waals surface area contributed by atoms with Crippen LogP contribution in [0.5, 0.6) is 6.01 Å². The number of benzene rings is 2. The average molecular weight is 570 g/mol. The van der Waals surface area contributed by atoms with Gasteiger partial charge in [0, 0.05) is 55.4 Å². The molecule has 4 heterocycles. The first-order chi connectivity index (χ1) is 20.4. The molecule has 3 atom stereocenters. The van der Waals surface area contributed by atoms with E-state index in [9.17, 15) is 14.4 Å². The molecule has 3 aliphatic heterocycles. The average Bonchev–Trinajstić information content (AvgIpc) is 3.34. The van der Waals surface area contributed by atoms with Gasteiger partial charge in [0.15, 0.2) is 0 Å². The van der Waals surface area contributed by atoms with Gasteiger partial charge in [0.05, 0.1) is 30.8 Å². The predicted molar refractivity (Wildman–Crippen MR) is 160 cm³/mol. The third-order valence-corrected chi connectivity index (χ3v) is 8.74. The van der Waals surface area contributed by atoms with Gasteiger partial charge in [0.25, 0.3) is 0 Å². The Bertz CT molecular complexity index is 1520. The van der Waals surface area contributed by atoms with Crippen molar-refractivity contribution in [2.24, 2.45) is 0 Å². The van der Waals surface area contributed by atoms with Gasteiger partial charge in [-0.05, 0) is 37.4 Å². The maximum atomic E-state index is 14.0. The number of alkyl halides is 1. The highest BCUT2D eigenvalue weighted by atomic mass is 19.1. The summed E-state index contributed by atoms with van der Waals surface area (Å²) in [7, 11) is 1.91. The van der Waals surface area contributed by atoms with Crippen LogP contribution in [0.4, 0.5) is 15.9 Å². The Morgan fingerprint density at radius 2 is 1.95 bits per heavy atom. The van der Waals surface area contributed by atoms with Crippen molar-refractivity contribution in [3.05, 3.63) is 66.4 Å². The van der Waals surface area contributed by atoms with E-state index in [2.05, 4.69) is 64.9 Å². The Kier molecular flexibility index (Phi) is 7.94. The highest BCUT2D eigenvalue weighted by Crippen LogP contribution is 2.35. The molecule has 0 saturated carbocycles. The lowest BCUT2D eigenvalue weighted by atomic mass is 10.0. The fourth-order valence-corrected chi connectivity index (χ4v) is 6.52. The molecule has 2 fully saturated rings. The number of nitrogens with zero attached hydrogens (tertiary/aromatic N) is 7. The molecule has 0 bridgehead atoms. The van der Waals surface area contributed by atoms with Crippen molar-refractivity contribution in [1.29, 1.82) is 5.26 Å². The van der Waals surface area contributed by atoms with Crippen molar-refractivity contribution in [2.45, 2.75) is 44.1 Å². The third-order valence-electron chi connectivity index (χ3n) is 8.74. The van der Waals surface area contributed by atoms with E-state index in [4.69, 9.17) is 14.7 Å². The number of amides is 1. The number of hydrogen-bond donors (Lipinski definition) is 0. The van der Waals surface area contributed by atoms with Crippen LogP contribution < -0.4 is 14.5 Å². The van der Waals surface area contributed by atoms with Crippen molar-refractivity contribution in [1.82, 2.24) is 19.8 Å². The van der Waals surface area contributed by atoms with Gasteiger partial charge in [0.2, 0.25) is 5.91 Å². The Hall–Kier alpha value is -4.23. The highest BCUT2D eigenvalue weighted by molar-refractivity contribution is 5.94. The molecule has 2 saturated heterocycles. The molecule has 0 spiro atoms. The first-order valence-electron chi connectivity index (χ1n) is 14.6. The van der Waals surface area contributed by atoms with Crippen LogP contribution in [-0.2, 0) is 17.8 Å². The summed E-state index contributed by atoms with van der Waals surface area (Å²) < 4.78 is 20.2. The minimum absolute atomic E-state index is 0.0382. The fraction of sp³-hybridized carbons (Fsp3) is 0.438. The molecule has 9 nitrogen and oxygen atoms in total. The second-order valence-corrected chi connectivity index (χ2v) is 11.4.